The summed E-state index contributed by atoms with van der Waals surface area (Å²) in [6.07, 6.45) is 3.72. The topological polar surface area (TPSA) is 178 Å². The molecule has 0 aliphatic carbocycles. The van der Waals surface area contributed by atoms with Crippen LogP contribution in [-0.2, 0) is 14.1 Å². The predicted molar refractivity (Wildman–Crippen MR) is 269 cm³/mol. The quantitative estimate of drug-likeness (QED) is 0.0690. The van der Waals surface area contributed by atoms with Crippen molar-refractivity contribution < 1.29 is 28.2 Å². The van der Waals surface area contributed by atoms with Crippen molar-refractivity contribution in [1.29, 1.82) is 0 Å². The van der Waals surface area contributed by atoms with E-state index < -0.39 is 11.8 Å². The Balaban J connectivity index is 0.763. The molecule has 10 aromatic rings. The average Bonchev–Trinajstić information content (AvgIpc) is 4.13. The monoisotopic (exact) mass is 956 g/mol. The van der Waals surface area contributed by atoms with Gasteiger partial charge in [0.25, 0.3) is 23.6 Å². The van der Waals surface area contributed by atoms with E-state index in [0.717, 1.165) is 54.2 Å². The first-order valence-corrected chi connectivity index (χ1v) is 22.8. The fourth-order valence-corrected chi connectivity index (χ4v) is 9.72. The zero-order chi connectivity index (χ0) is 48.1. The molecular weight excluding hydrogens is 916 g/mol. The van der Waals surface area contributed by atoms with Crippen LogP contribution in [0.3, 0.4) is 0 Å². The van der Waals surface area contributed by atoms with Gasteiger partial charge in [-0.2, -0.15) is 0 Å². The highest BCUT2D eigenvalue weighted by Gasteiger charge is 2.28. The third-order valence-corrected chi connectivity index (χ3v) is 13.1. The molecule has 0 unspecified atom stereocenters. The number of benzene rings is 6. The molecule has 4 aromatic heterocycles. The van der Waals surface area contributed by atoms with Crippen LogP contribution < -0.4 is 21.3 Å². The van der Waals surface area contributed by atoms with Gasteiger partial charge >= 0.3 is 0 Å². The summed E-state index contributed by atoms with van der Waals surface area (Å²) in [5, 5.41) is 28.1. The summed E-state index contributed by atoms with van der Waals surface area (Å²) >= 11 is 13.7. The van der Waals surface area contributed by atoms with Crippen LogP contribution in [0, 0.1) is 13.8 Å². The molecule has 0 radical (unpaired) electrons. The zero-order valence-corrected chi connectivity index (χ0v) is 39.2. The maximum absolute atomic E-state index is 14.0. The third kappa shape index (κ3) is 8.02. The van der Waals surface area contributed by atoms with Crippen molar-refractivity contribution in [3.05, 3.63) is 166 Å². The molecule has 0 atom stereocenters. The summed E-state index contributed by atoms with van der Waals surface area (Å²) in [5.74, 6) is -0.977. The molecule has 0 bridgehead atoms. The van der Waals surface area contributed by atoms with Gasteiger partial charge in [0.15, 0.2) is 0 Å². The zero-order valence-electron chi connectivity index (χ0n) is 37.7. The van der Waals surface area contributed by atoms with Gasteiger partial charge in [-0.05, 0) is 53.9 Å². The normalized spacial score (nSPS) is 11.4. The van der Waals surface area contributed by atoms with E-state index in [-0.39, 0.29) is 36.0 Å². The minimum absolute atomic E-state index is 0.255. The molecule has 10 rings (SSSR count). The summed E-state index contributed by atoms with van der Waals surface area (Å²) in [6.45, 7) is 3.87. The summed E-state index contributed by atoms with van der Waals surface area (Å²) in [7, 11) is 3.41. The maximum atomic E-state index is 14.0. The fraction of sp³-hybridized carbons (Fsp3) is 0.132. The molecule has 344 valence electrons. The first-order valence-electron chi connectivity index (χ1n) is 22.0. The van der Waals surface area contributed by atoms with Crippen LogP contribution in [0.15, 0.2) is 131 Å². The molecule has 0 spiro atoms. The average molecular weight is 958 g/mol. The number of rotatable bonds is 12. The first kappa shape index (κ1) is 44.6. The fourth-order valence-electron chi connectivity index (χ4n) is 9.06. The van der Waals surface area contributed by atoms with Crippen molar-refractivity contribution >= 4 is 101 Å². The molecule has 0 saturated heterocycles. The molecule has 69 heavy (non-hydrogen) atoms. The SMILES string of the molecule is Cc1onc(-c2c3ccccc3c(Cl)c3ccccc23)c1C(=O)Nc1cc(C(=O)NCCCNC(=O)c2cc(NC(=O)c3c(-c4c5ccccc5c(Cl)c5ccccc45)noc3C)cn2C)n(C)c1. The van der Waals surface area contributed by atoms with E-state index in [4.69, 9.17) is 32.2 Å². The highest BCUT2D eigenvalue weighted by Crippen LogP contribution is 2.44. The molecule has 0 fully saturated rings. The second kappa shape index (κ2) is 18.1. The number of carbonyl (C=O) groups excluding carboxylic acids is 4. The number of hydrogen-bond acceptors (Lipinski definition) is 8. The smallest absolute Gasteiger partial charge is 0.267 e. The van der Waals surface area contributed by atoms with Crippen LogP contribution in [0.2, 0.25) is 10.0 Å². The Morgan fingerprint density at radius 2 is 0.826 bits per heavy atom. The van der Waals surface area contributed by atoms with Crippen LogP contribution in [0.4, 0.5) is 11.4 Å². The Kier molecular flexibility index (Phi) is 11.7. The van der Waals surface area contributed by atoms with E-state index in [9.17, 15) is 19.2 Å². The van der Waals surface area contributed by atoms with E-state index >= 15 is 0 Å². The standard InChI is InChI=1S/C53H42Cl2N8O6/c1-28-42(48(60-68-28)44-32-14-5-9-18-36(32)46(54)37-19-10-6-15-33(37)44)52(66)58-30-24-40(62(3)26-30)50(64)56-22-13-23-57-51(65)41-25-31(27-63(41)4)59-53(67)43-29(2)69-61-49(43)45-34-16-7-11-20-38(34)47(55)39-21-12-8-17-35(39)45/h5-12,14-21,24-27H,13,22-23H2,1-4H3,(H,56,64)(H,57,65)(H,58,66)(H,59,67). The van der Waals surface area contributed by atoms with Crippen molar-refractivity contribution in [3.8, 4) is 22.5 Å². The van der Waals surface area contributed by atoms with Crippen molar-refractivity contribution in [2.24, 2.45) is 14.1 Å². The van der Waals surface area contributed by atoms with Gasteiger partial charge in [0.2, 0.25) is 0 Å². The minimum atomic E-state index is -0.454. The van der Waals surface area contributed by atoms with Crippen LogP contribution in [0.1, 0.15) is 59.6 Å². The molecule has 4 amide bonds. The van der Waals surface area contributed by atoms with Gasteiger partial charge in [-0.15, -0.1) is 0 Å². The number of anilines is 2. The van der Waals surface area contributed by atoms with E-state index in [1.165, 1.54) is 0 Å². The van der Waals surface area contributed by atoms with Gasteiger partial charge < -0.3 is 39.4 Å². The molecule has 0 aliphatic heterocycles. The number of halogens is 2. The third-order valence-electron chi connectivity index (χ3n) is 12.3. The first-order chi connectivity index (χ1) is 33.4. The summed E-state index contributed by atoms with van der Waals surface area (Å²) in [5.41, 5.74) is 4.14. The Morgan fingerprint density at radius 3 is 1.16 bits per heavy atom. The lowest BCUT2D eigenvalue weighted by molar-refractivity contribution is 0.0940. The molecule has 4 N–H and O–H groups in total. The predicted octanol–water partition coefficient (Wildman–Crippen LogP) is 11.3. The van der Waals surface area contributed by atoms with Gasteiger partial charge in [-0.3, -0.25) is 19.2 Å². The van der Waals surface area contributed by atoms with Crippen molar-refractivity contribution in [1.82, 2.24) is 30.1 Å². The van der Waals surface area contributed by atoms with E-state index in [1.807, 2.05) is 97.1 Å². The van der Waals surface area contributed by atoms with Crippen LogP contribution in [0.5, 0.6) is 0 Å². The number of nitrogens with one attached hydrogen (secondary N) is 4. The summed E-state index contributed by atoms with van der Waals surface area (Å²) in [6, 6.07) is 33.9. The number of carbonyl (C=O) groups is 4. The van der Waals surface area contributed by atoms with E-state index in [1.54, 1.807) is 61.6 Å². The van der Waals surface area contributed by atoms with Gasteiger partial charge in [-0.25, -0.2) is 0 Å². The Labute approximate surface area is 404 Å². The lowest BCUT2D eigenvalue weighted by Crippen LogP contribution is -2.31. The van der Waals surface area contributed by atoms with Gasteiger partial charge in [0.05, 0.1) is 21.4 Å². The Hall–Kier alpha value is -8.20. The number of fused-ring (bicyclic) bond motifs is 4. The maximum Gasteiger partial charge on any atom is 0.267 e. The molecule has 0 aliphatic rings. The molecule has 0 saturated carbocycles. The van der Waals surface area contributed by atoms with Crippen LogP contribution >= 0.6 is 23.2 Å². The Morgan fingerprint density at radius 1 is 0.507 bits per heavy atom. The Bertz CT molecular complexity index is 3380. The van der Waals surface area contributed by atoms with Gasteiger partial charge in [0.1, 0.15) is 45.4 Å². The van der Waals surface area contributed by atoms with Crippen LogP contribution in [0.25, 0.3) is 65.6 Å². The van der Waals surface area contributed by atoms with Crippen molar-refractivity contribution in [3.63, 3.8) is 0 Å². The number of aryl methyl sites for hydroxylation is 4. The second-order valence-corrected chi connectivity index (χ2v) is 17.5. The number of amides is 4. The number of nitrogens with zero attached hydrogens (tertiary/aromatic N) is 4. The largest absolute Gasteiger partial charge is 0.360 e. The number of aromatic nitrogens is 4. The summed E-state index contributed by atoms with van der Waals surface area (Å²) in [4.78, 5) is 54.6. The van der Waals surface area contributed by atoms with E-state index in [2.05, 4.69) is 31.6 Å². The molecular formula is C53H42Cl2N8O6. The minimum Gasteiger partial charge on any atom is -0.360 e. The highest BCUT2D eigenvalue weighted by atomic mass is 35.5. The van der Waals surface area contributed by atoms with Gasteiger partial charge in [-0.1, -0.05) is 131 Å². The molecule has 16 heteroatoms. The molecule has 4 heterocycles. The lowest BCUT2D eigenvalue weighted by atomic mass is 9.92. The molecule has 6 aromatic carbocycles. The second-order valence-electron chi connectivity index (χ2n) is 16.7. The highest BCUT2D eigenvalue weighted by molar-refractivity contribution is 6.43. The number of hydrogen-bond donors (Lipinski definition) is 4. The van der Waals surface area contributed by atoms with Crippen molar-refractivity contribution in [2.75, 3.05) is 23.7 Å². The van der Waals surface area contributed by atoms with Gasteiger partial charge in [0, 0.05) is 72.3 Å². The lowest BCUT2D eigenvalue weighted by Gasteiger charge is -2.13. The van der Waals surface area contributed by atoms with E-state index in [0.29, 0.717) is 62.1 Å². The summed E-state index contributed by atoms with van der Waals surface area (Å²) < 4.78 is 14.5. The molecule has 14 nitrogen and oxygen atoms in total. The van der Waals surface area contributed by atoms with Crippen LogP contribution in [-0.4, -0.2) is 56.2 Å². The van der Waals surface area contributed by atoms with Crippen molar-refractivity contribution in [2.45, 2.75) is 20.3 Å².